The minimum absolute atomic E-state index is 0.376. The fraction of sp³-hybridized carbons (Fsp3) is 0.176. The molecule has 0 bridgehead atoms. The Balaban J connectivity index is 1.75. The average Bonchev–Trinajstić information content (AvgIpc) is 2.96. The van der Waals surface area contributed by atoms with Crippen LogP contribution in [0.3, 0.4) is 0 Å². The number of hydrogen-bond acceptors (Lipinski definition) is 6. The van der Waals surface area contributed by atoms with Crippen molar-refractivity contribution < 1.29 is 4.42 Å². The molecule has 0 unspecified atom stereocenters. The molecule has 25 heavy (non-hydrogen) atoms. The van der Waals surface area contributed by atoms with Crippen LogP contribution in [0, 0.1) is 6.92 Å². The summed E-state index contributed by atoms with van der Waals surface area (Å²) in [5, 5.41) is 7.39. The Bertz CT molecular complexity index is 1170. The van der Waals surface area contributed by atoms with Crippen LogP contribution >= 0.6 is 23.4 Å². The first-order valence-corrected chi connectivity index (χ1v) is 8.87. The molecule has 4 rings (SSSR count). The van der Waals surface area contributed by atoms with Crippen LogP contribution in [0.5, 0.6) is 0 Å². The summed E-state index contributed by atoms with van der Waals surface area (Å²) in [7, 11) is 1.84. The van der Waals surface area contributed by atoms with Gasteiger partial charge in [-0.05, 0) is 30.2 Å². The summed E-state index contributed by atoms with van der Waals surface area (Å²) in [6, 6.07) is 5.13. The van der Waals surface area contributed by atoms with Gasteiger partial charge >= 0.3 is 5.63 Å². The van der Waals surface area contributed by atoms with Crippen molar-refractivity contribution in [1.82, 2.24) is 19.7 Å². The lowest BCUT2D eigenvalue weighted by atomic mass is 10.1. The predicted octanol–water partition coefficient (Wildman–Crippen LogP) is 3.72. The van der Waals surface area contributed by atoms with Crippen LogP contribution in [0.25, 0.3) is 22.0 Å². The number of halogens is 1. The average molecular weight is 373 g/mol. The van der Waals surface area contributed by atoms with E-state index in [1.807, 2.05) is 20.0 Å². The van der Waals surface area contributed by atoms with Crippen LogP contribution in [0.15, 0.2) is 45.0 Å². The second kappa shape index (κ2) is 6.16. The van der Waals surface area contributed by atoms with E-state index in [2.05, 4.69) is 15.1 Å². The minimum atomic E-state index is -0.376. The molecule has 0 amide bonds. The van der Waals surface area contributed by atoms with E-state index in [1.165, 1.54) is 24.2 Å². The number of aryl methyl sites for hydroxylation is 2. The Labute approximate surface area is 151 Å². The van der Waals surface area contributed by atoms with E-state index in [9.17, 15) is 4.79 Å². The molecular formula is C17H13ClN4O2S. The van der Waals surface area contributed by atoms with E-state index in [4.69, 9.17) is 16.0 Å². The van der Waals surface area contributed by atoms with Gasteiger partial charge in [-0.3, -0.25) is 4.68 Å². The minimum Gasteiger partial charge on any atom is -0.423 e. The third kappa shape index (κ3) is 2.89. The van der Waals surface area contributed by atoms with Crippen LogP contribution in [0.2, 0.25) is 5.02 Å². The zero-order valence-corrected chi connectivity index (χ0v) is 15.1. The maximum atomic E-state index is 11.9. The standard InChI is InChI=1S/C17H13ClN4O2S/c1-9-3-14-11(5-13(9)18)10(4-15(23)24-14)7-25-17-12-6-21-22(2)16(12)19-8-20-17/h3-6,8H,7H2,1-2H3. The molecule has 0 radical (unpaired) electrons. The number of aromatic nitrogens is 4. The molecule has 8 heteroatoms. The highest BCUT2D eigenvalue weighted by atomic mass is 35.5. The highest BCUT2D eigenvalue weighted by Crippen LogP contribution is 2.31. The molecule has 4 aromatic rings. The lowest BCUT2D eigenvalue weighted by Gasteiger charge is -2.07. The van der Waals surface area contributed by atoms with Gasteiger partial charge in [-0.25, -0.2) is 14.8 Å². The molecule has 0 saturated carbocycles. The smallest absolute Gasteiger partial charge is 0.336 e. The van der Waals surface area contributed by atoms with Gasteiger partial charge in [0.2, 0.25) is 0 Å². The first kappa shape index (κ1) is 16.1. The highest BCUT2D eigenvalue weighted by molar-refractivity contribution is 7.98. The summed E-state index contributed by atoms with van der Waals surface area (Å²) in [6.07, 6.45) is 3.26. The second-order valence-electron chi connectivity index (χ2n) is 5.66. The zero-order chi connectivity index (χ0) is 17.6. The maximum absolute atomic E-state index is 11.9. The Morgan fingerprint density at radius 1 is 1.24 bits per heavy atom. The van der Waals surface area contributed by atoms with Crippen molar-refractivity contribution in [2.45, 2.75) is 17.7 Å². The van der Waals surface area contributed by atoms with Crippen LogP contribution in [0.1, 0.15) is 11.1 Å². The third-order valence-electron chi connectivity index (χ3n) is 3.97. The molecule has 0 spiro atoms. The van der Waals surface area contributed by atoms with Gasteiger partial charge in [0, 0.05) is 29.3 Å². The number of hydrogen-bond donors (Lipinski definition) is 0. The maximum Gasteiger partial charge on any atom is 0.336 e. The van der Waals surface area contributed by atoms with Gasteiger partial charge in [-0.15, -0.1) is 11.8 Å². The van der Waals surface area contributed by atoms with Gasteiger partial charge in [0.05, 0.1) is 11.6 Å². The van der Waals surface area contributed by atoms with E-state index in [1.54, 1.807) is 16.9 Å². The van der Waals surface area contributed by atoms with Crippen LogP contribution in [-0.4, -0.2) is 19.7 Å². The lowest BCUT2D eigenvalue weighted by molar-refractivity contribution is 0.559. The summed E-state index contributed by atoms with van der Waals surface area (Å²) in [6.45, 7) is 1.88. The number of nitrogens with zero attached hydrogens (tertiary/aromatic N) is 4. The molecule has 0 saturated heterocycles. The van der Waals surface area contributed by atoms with Crippen molar-refractivity contribution in [2.75, 3.05) is 0 Å². The lowest BCUT2D eigenvalue weighted by Crippen LogP contribution is -2.00. The van der Waals surface area contributed by atoms with Crippen molar-refractivity contribution in [3.8, 4) is 0 Å². The Morgan fingerprint density at radius 2 is 2.08 bits per heavy atom. The quantitative estimate of drug-likeness (QED) is 0.310. The predicted molar refractivity (Wildman–Crippen MR) is 98.1 cm³/mol. The van der Waals surface area contributed by atoms with Crippen molar-refractivity contribution >= 4 is 45.4 Å². The molecule has 3 aromatic heterocycles. The number of fused-ring (bicyclic) bond motifs is 2. The van der Waals surface area contributed by atoms with E-state index in [-0.39, 0.29) is 5.63 Å². The van der Waals surface area contributed by atoms with E-state index in [0.29, 0.717) is 16.4 Å². The van der Waals surface area contributed by atoms with Crippen LogP contribution < -0.4 is 5.63 Å². The first-order valence-electron chi connectivity index (χ1n) is 7.51. The van der Waals surface area contributed by atoms with Crippen molar-refractivity contribution in [3.63, 3.8) is 0 Å². The van der Waals surface area contributed by atoms with E-state index < -0.39 is 0 Å². The molecule has 1 aromatic carbocycles. The molecule has 6 nitrogen and oxygen atoms in total. The fourth-order valence-corrected chi connectivity index (χ4v) is 3.79. The zero-order valence-electron chi connectivity index (χ0n) is 13.5. The number of rotatable bonds is 3. The highest BCUT2D eigenvalue weighted by Gasteiger charge is 2.12. The molecule has 0 fully saturated rings. The van der Waals surface area contributed by atoms with Gasteiger partial charge in [0.15, 0.2) is 5.65 Å². The Hall–Kier alpha value is -2.38. The van der Waals surface area contributed by atoms with Crippen LogP contribution in [-0.2, 0) is 12.8 Å². The fourth-order valence-electron chi connectivity index (χ4n) is 2.67. The molecule has 0 aliphatic rings. The molecule has 0 aliphatic heterocycles. The van der Waals surface area contributed by atoms with Gasteiger partial charge < -0.3 is 4.42 Å². The molecule has 0 atom stereocenters. The van der Waals surface area contributed by atoms with Gasteiger partial charge in [-0.1, -0.05) is 11.6 Å². The van der Waals surface area contributed by atoms with Gasteiger partial charge in [0.25, 0.3) is 0 Å². The normalized spacial score (nSPS) is 11.5. The summed E-state index contributed by atoms with van der Waals surface area (Å²) in [4.78, 5) is 20.5. The summed E-state index contributed by atoms with van der Waals surface area (Å²) in [5.74, 6) is 0.558. The summed E-state index contributed by atoms with van der Waals surface area (Å²) >= 11 is 7.76. The molecule has 0 aliphatic carbocycles. The largest absolute Gasteiger partial charge is 0.423 e. The Morgan fingerprint density at radius 3 is 2.92 bits per heavy atom. The summed E-state index contributed by atoms with van der Waals surface area (Å²) < 4.78 is 7.01. The van der Waals surface area contributed by atoms with Crippen molar-refractivity contribution in [3.05, 3.63) is 57.3 Å². The molecule has 3 heterocycles. The first-order chi connectivity index (χ1) is 12.0. The summed E-state index contributed by atoms with van der Waals surface area (Å²) in [5.41, 5.74) is 2.66. The molecule has 0 N–H and O–H groups in total. The van der Waals surface area contributed by atoms with E-state index >= 15 is 0 Å². The topological polar surface area (TPSA) is 73.8 Å². The van der Waals surface area contributed by atoms with Crippen molar-refractivity contribution in [1.29, 1.82) is 0 Å². The molecular weight excluding hydrogens is 360 g/mol. The Kier molecular flexibility index (Phi) is 3.97. The molecule has 126 valence electrons. The third-order valence-corrected chi connectivity index (χ3v) is 5.43. The van der Waals surface area contributed by atoms with Crippen molar-refractivity contribution in [2.24, 2.45) is 7.05 Å². The second-order valence-corrected chi connectivity index (χ2v) is 7.03. The monoisotopic (exact) mass is 372 g/mol. The SMILES string of the molecule is Cc1cc2oc(=O)cc(CSc3ncnc4c3cnn4C)c2cc1Cl. The van der Waals surface area contributed by atoms with Crippen LogP contribution in [0.4, 0.5) is 0 Å². The number of benzene rings is 1. The van der Waals surface area contributed by atoms with E-state index in [0.717, 1.165) is 32.6 Å². The number of thioether (sulfide) groups is 1. The van der Waals surface area contributed by atoms with Gasteiger partial charge in [0.1, 0.15) is 16.9 Å². The van der Waals surface area contributed by atoms with Gasteiger partial charge in [-0.2, -0.15) is 5.10 Å².